The molecule has 0 saturated heterocycles. The first-order valence-electron chi connectivity index (χ1n) is 10.8. The van der Waals surface area contributed by atoms with E-state index in [9.17, 15) is 4.79 Å². The Hall–Kier alpha value is -3.19. The molecule has 0 unspecified atom stereocenters. The van der Waals surface area contributed by atoms with E-state index in [0.717, 1.165) is 57.4 Å². The van der Waals surface area contributed by atoms with Gasteiger partial charge in [0, 0.05) is 11.3 Å². The lowest BCUT2D eigenvalue weighted by Gasteiger charge is -2.09. The monoisotopic (exact) mass is 443 g/mol. The molecule has 2 heterocycles. The van der Waals surface area contributed by atoms with E-state index in [2.05, 4.69) is 29.5 Å². The molecule has 1 saturated carbocycles. The number of hydrogen-bond donors (Lipinski definition) is 1. The van der Waals surface area contributed by atoms with E-state index < -0.39 is 0 Å². The highest BCUT2D eigenvalue weighted by atomic mass is 32.2. The van der Waals surface area contributed by atoms with Gasteiger partial charge in [-0.3, -0.25) is 4.79 Å². The van der Waals surface area contributed by atoms with E-state index in [1.165, 1.54) is 17.3 Å². The maximum atomic E-state index is 12.8. The van der Waals surface area contributed by atoms with Gasteiger partial charge in [-0.25, -0.2) is 14.6 Å². The van der Waals surface area contributed by atoms with E-state index in [1.807, 2.05) is 54.9 Å². The maximum absolute atomic E-state index is 12.8. The van der Waals surface area contributed by atoms with Crippen LogP contribution in [0.1, 0.15) is 41.5 Å². The number of hydrogen-bond acceptors (Lipinski definition) is 5. The fraction of sp³-hybridized carbons (Fsp3) is 0.280. The normalized spacial score (nSPS) is 13.5. The molecular formula is C25H25N5OS. The second kappa shape index (κ2) is 8.39. The molecule has 7 heteroatoms. The van der Waals surface area contributed by atoms with Crippen LogP contribution in [-0.4, -0.2) is 31.4 Å². The number of carbonyl (C=O) groups excluding carboxylic acids is 1. The van der Waals surface area contributed by atoms with Crippen molar-refractivity contribution in [3.63, 3.8) is 0 Å². The molecule has 2 aromatic carbocycles. The highest BCUT2D eigenvalue weighted by Gasteiger charge is 2.27. The lowest BCUT2D eigenvalue weighted by atomic mass is 10.2. The Morgan fingerprint density at radius 3 is 2.56 bits per heavy atom. The second-order valence-corrected chi connectivity index (χ2v) is 9.27. The zero-order valence-electron chi connectivity index (χ0n) is 18.4. The summed E-state index contributed by atoms with van der Waals surface area (Å²) < 4.78 is 1.87. The molecule has 162 valence electrons. The topological polar surface area (TPSA) is 72.7 Å². The van der Waals surface area contributed by atoms with Crippen LogP contribution in [-0.2, 0) is 4.79 Å². The quantitative estimate of drug-likeness (QED) is 0.321. The summed E-state index contributed by atoms with van der Waals surface area (Å²) in [6.07, 6.45) is 2.29. The summed E-state index contributed by atoms with van der Waals surface area (Å²) in [6.45, 7) is 5.95. The molecule has 0 spiro atoms. The molecule has 1 aliphatic carbocycles. The number of carbonyl (C=O) groups is 1. The van der Waals surface area contributed by atoms with Crippen molar-refractivity contribution < 1.29 is 4.79 Å². The predicted molar refractivity (Wildman–Crippen MR) is 129 cm³/mol. The van der Waals surface area contributed by atoms with Crippen LogP contribution in [0.25, 0.3) is 16.6 Å². The number of benzene rings is 2. The van der Waals surface area contributed by atoms with E-state index in [1.54, 1.807) is 0 Å². The molecule has 6 nitrogen and oxygen atoms in total. The van der Waals surface area contributed by atoms with Crippen LogP contribution in [0.5, 0.6) is 0 Å². The second-order valence-electron chi connectivity index (χ2n) is 8.31. The molecule has 5 rings (SSSR count). The Labute approximate surface area is 191 Å². The number of nitrogens with one attached hydrogen (secondary N) is 1. The van der Waals surface area contributed by atoms with Crippen molar-refractivity contribution in [2.75, 3.05) is 11.1 Å². The van der Waals surface area contributed by atoms with Crippen LogP contribution in [0.4, 0.5) is 5.69 Å². The highest BCUT2D eigenvalue weighted by Crippen LogP contribution is 2.39. The number of aromatic nitrogens is 4. The van der Waals surface area contributed by atoms with Gasteiger partial charge in [0.15, 0.2) is 0 Å². The largest absolute Gasteiger partial charge is 0.322 e. The van der Waals surface area contributed by atoms with Gasteiger partial charge >= 0.3 is 0 Å². The number of amides is 1. The first kappa shape index (κ1) is 20.7. The zero-order chi connectivity index (χ0) is 22.2. The minimum Gasteiger partial charge on any atom is -0.322 e. The zero-order valence-corrected chi connectivity index (χ0v) is 19.2. The Balaban J connectivity index is 1.33. The van der Waals surface area contributed by atoms with Crippen LogP contribution in [0.15, 0.2) is 53.6 Å². The predicted octanol–water partition coefficient (Wildman–Crippen LogP) is 5.35. The molecule has 1 fully saturated rings. The van der Waals surface area contributed by atoms with Crippen molar-refractivity contribution in [1.82, 2.24) is 19.7 Å². The molecule has 0 bridgehead atoms. The fourth-order valence-electron chi connectivity index (χ4n) is 3.77. The first-order valence-corrected chi connectivity index (χ1v) is 11.8. The van der Waals surface area contributed by atoms with Crippen molar-refractivity contribution in [2.45, 2.75) is 44.6 Å². The summed E-state index contributed by atoms with van der Waals surface area (Å²) in [4.78, 5) is 22.3. The SMILES string of the molecule is Cc1ccc(-n2nc(C)c(NC(=O)CSc3nc(C4CC4)nc4ccccc34)c2C)cc1. The van der Waals surface area contributed by atoms with Gasteiger partial charge in [0.2, 0.25) is 5.91 Å². The minimum absolute atomic E-state index is 0.0691. The van der Waals surface area contributed by atoms with Crippen molar-refractivity contribution in [2.24, 2.45) is 0 Å². The molecule has 0 aliphatic heterocycles. The summed E-state index contributed by atoms with van der Waals surface area (Å²) >= 11 is 1.46. The fourth-order valence-corrected chi connectivity index (χ4v) is 4.60. The third-order valence-electron chi connectivity index (χ3n) is 5.70. The van der Waals surface area contributed by atoms with E-state index in [4.69, 9.17) is 9.97 Å². The van der Waals surface area contributed by atoms with E-state index >= 15 is 0 Å². The first-order chi connectivity index (χ1) is 15.5. The summed E-state index contributed by atoms with van der Waals surface area (Å²) in [7, 11) is 0. The number of thioether (sulfide) groups is 1. The van der Waals surface area contributed by atoms with Gasteiger partial charge in [0.25, 0.3) is 0 Å². The van der Waals surface area contributed by atoms with Gasteiger partial charge in [-0.2, -0.15) is 5.10 Å². The summed E-state index contributed by atoms with van der Waals surface area (Å²) in [5, 5.41) is 9.56. The average molecular weight is 444 g/mol. The Kier molecular flexibility index (Phi) is 5.43. The molecule has 32 heavy (non-hydrogen) atoms. The Morgan fingerprint density at radius 1 is 1.06 bits per heavy atom. The standard InChI is InChI=1S/C25H25N5OS/c1-15-8-12-19(13-9-15)30-17(3)23(16(2)29-30)27-22(31)14-32-25-20-6-4-5-7-21(20)26-24(28-25)18-10-11-18/h4-9,12-13,18H,10-11,14H2,1-3H3,(H,27,31). The number of rotatable bonds is 6. The number of anilines is 1. The summed E-state index contributed by atoms with van der Waals surface area (Å²) in [5.41, 5.74) is 5.59. The third-order valence-corrected chi connectivity index (χ3v) is 6.69. The van der Waals surface area contributed by atoms with Gasteiger partial charge < -0.3 is 5.32 Å². The van der Waals surface area contributed by atoms with Crippen molar-refractivity contribution in [3.05, 3.63) is 71.3 Å². The van der Waals surface area contributed by atoms with Gasteiger partial charge in [0.1, 0.15) is 10.9 Å². The van der Waals surface area contributed by atoms with Gasteiger partial charge in [0.05, 0.1) is 34.0 Å². The lowest BCUT2D eigenvalue weighted by molar-refractivity contribution is -0.113. The number of nitrogens with zero attached hydrogens (tertiary/aromatic N) is 4. The van der Waals surface area contributed by atoms with Crippen LogP contribution < -0.4 is 5.32 Å². The third kappa shape index (κ3) is 4.12. The molecule has 0 atom stereocenters. The van der Waals surface area contributed by atoms with Crippen LogP contribution in [0.3, 0.4) is 0 Å². The number of fused-ring (bicyclic) bond motifs is 1. The molecule has 1 aliphatic rings. The maximum Gasteiger partial charge on any atom is 0.234 e. The number of aryl methyl sites for hydroxylation is 2. The molecule has 2 aromatic heterocycles. The van der Waals surface area contributed by atoms with Gasteiger partial charge in [-0.05, 0) is 51.8 Å². The van der Waals surface area contributed by atoms with Crippen molar-refractivity contribution in [3.8, 4) is 5.69 Å². The smallest absolute Gasteiger partial charge is 0.234 e. The van der Waals surface area contributed by atoms with Gasteiger partial charge in [-0.1, -0.05) is 47.7 Å². The van der Waals surface area contributed by atoms with Crippen LogP contribution >= 0.6 is 11.8 Å². The van der Waals surface area contributed by atoms with Crippen molar-refractivity contribution in [1.29, 1.82) is 0 Å². The summed E-state index contributed by atoms with van der Waals surface area (Å²) in [6, 6.07) is 16.2. The molecule has 0 radical (unpaired) electrons. The van der Waals surface area contributed by atoms with Crippen LogP contribution in [0.2, 0.25) is 0 Å². The summed E-state index contributed by atoms with van der Waals surface area (Å²) in [5.74, 6) is 1.57. The van der Waals surface area contributed by atoms with Gasteiger partial charge in [-0.15, -0.1) is 0 Å². The minimum atomic E-state index is -0.0691. The average Bonchev–Trinajstić information content (AvgIpc) is 3.61. The Morgan fingerprint density at radius 2 is 1.81 bits per heavy atom. The molecular weight excluding hydrogens is 418 g/mol. The van der Waals surface area contributed by atoms with Crippen molar-refractivity contribution >= 4 is 34.3 Å². The molecule has 1 amide bonds. The highest BCUT2D eigenvalue weighted by molar-refractivity contribution is 8.00. The lowest BCUT2D eigenvalue weighted by Crippen LogP contribution is -2.15. The molecule has 4 aromatic rings. The number of para-hydroxylation sites is 1. The van der Waals surface area contributed by atoms with E-state index in [0.29, 0.717) is 5.92 Å². The molecule has 1 N–H and O–H groups in total. The van der Waals surface area contributed by atoms with E-state index in [-0.39, 0.29) is 11.7 Å². The Bertz CT molecular complexity index is 1310. The van der Waals surface area contributed by atoms with Crippen LogP contribution in [0, 0.1) is 20.8 Å².